The van der Waals surface area contributed by atoms with E-state index in [4.69, 9.17) is 15.2 Å². The summed E-state index contributed by atoms with van der Waals surface area (Å²) >= 11 is 0. The minimum Gasteiger partial charge on any atom is -0.493 e. The standard InChI is InChI=1S/C17H21NO2/c1-12-4-7-14(8-5-12)15(18)11-20-16-9-6-13(2)10-17(16)19-3/h4-10,15H,11,18H2,1-3H3. The molecule has 0 aliphatic rings. The maximum Gasteiger partial charge on any atom is 0.161 e. The fourth-order valence-electron chi connectivity index (χ4n) is 1.98. The van der Waals surface area contributed by atoms with Gasteiger partial charge in [0.2, 0.25) is 0 Å². The van der Waals surface area contributed by atoms with Crippen LogP contribution < -0.4 is 15.2 Å². The molecule has 0 spiro atoms. The van der Waals surface area contributed by atoms with Gasteiger partial charge in [-0.15, -0.1) is 0 Å². The van der Waals surface area contributed by atoms with Crippen LogP contribution in [0.4, 0.5) is 0 Å². The molecule has 3 nitrogen and oxygen atoms in total. The number of nitrogens with two attached hydrogens (primary N) is 1. The Morgan fingerprint density at radius 2 is 1.60 bits per heavy atom. The van der Waals surface area contributed by atoms with Crippen molar-refractivity contribution in [2.24, 2.45) is 5.73 Å². The Balaban J connectivity index is 2.03. The molecule has 0 heterocycles. The zero-order valence-electron chi connectivity index (χ0n) is 12.2. The van der Waals surface area contributed by atoms with Crippen LogP contribution in [0, 0.1) is 13.8 Å². The molecule has 1 unspecified atom stereocenters. The van der Waals surface area contributed by atoms with Gasteiger partial charge in [0.25, 0.3) is 0 Å². The molecule has 3 heteroatoms. The van der Waals surface area contributed by atoms with Gasteiger partial charge in [0, 0.05) is 0 Å². The summed E-state index contributed by atoms with van der Waals surface area (Å²) in [5.74, 6) is 1.46. The van der Waals surface area contributed by atoms with Crippen LogP contribution in [0.15, 0.2) is 42.5 Å². The molecular formula is C17H21NO2. The van der Waals surface area contributed by atoms with Crippen LogP contribution in [0.25, 0.3) is 0 Å². The number of hydrogen-bond donors (Lipinski definition) is 1. The fraction of sp³-hybridized carbons (Fsp3) is 0.294. The van der Waals surface area contributed by atoms with Gasteiger partial charge in [-0.05, 0) is 37.1 Å². The van der Waals surface area contributed by atoms with Crippen LogP contribution in [0.5, 0.6) is 11.5 Å². The highest BCUT2D eigenvalue weighted by molar-refractivity contribution is 5.42. The van der Waals surface area contributed by atoms with E-state index < -0.39 is 0 Å². The lowest BCUT2D eigenvalue weighted by Crippen LogP contribution is -2.19. The van der Waals surface area contributed by atoms with E-state index in [2.05, 4.69) is 19.1 Å². The van der Waals surface area contributed by atoms with Gasteiger partial charge in [-0.1, -0.05) is 35.9 Å². The smallest absolute Gasteiger partial charge is 0.161 e. The normalized spacial score (nSPS) is 12.0. The lowest BCUT2D eigenvalue weighted by atomic mass is 10.1. The zero-order valence-corrected chi connectivity index (χ0v) is 12.2. The number of methoxy groups -OCH3 is 1. The van der Waals surface area contributed by atoms with Crippen molar-refractivity contribution >= 4 is 0 Å². The summed E-state index contributed by atoms with van der Waals surface area (Å²) in [6, 6.07) is 13.9. The van der Waals surface area contributed by atoms with Crippen molar-refractivity contribution in [1.29, 1.82) is 0 Å². The van der Waals surface area contributed by atoms with Crippen molar-refractivity contribution in [2.75, 3.05) is 13.7 Å². The zero-order chi connectivity index (χ0) is 14.5. The van der Waals surface area contributed by atoms with Gasteiger partial charge in [0.15, 0.2) is 11.5 Å². The summed E-state index contributed by atoms with van der Waals surface area (Å²) < 4.78 is 11.1. The third-order valence-corrected chi connectivity index (χ3v) is 3.24. The van der Waals surface area contributed by atoms with E-state index in [9.17, 15) is 0 Å². The van der Waals surface area contributed by atoms with E-state index in [1.807, 2.05) is 37.3 Å². The van der Waals surface area contributed by atoms with E-state index in [1.165, 1.54) is 5.56 Å². The summed E-state index contributed by atoms with van der Waals surface area (Å²) in [4.78, 5) is 0. The second kappa shape index (κ2) is 6.44. The largest absolute Gasteiger partial charge is 0.493 e. The molecule has 2 N–H and O–H groups in total. The average Bonchev–Trinajstić information content (AvgIpc) is 2.46. The quantitative estimate of drug-likeness (QED) is 0.906. The van der Waals surface area contributed by atoms with Crippen molar-refractivity contribution in [3.8, 4) is 11.5 Å². The van der Waals surface area contributed by atoms with Crippen LogP contribution in [-0.4, -0.2) is 13.7 Å². The van der Waals surface area contributed by atoms with Crippen LogP contribution in [-0.2, 0) is 0 Å². The molecule has 1 atom stereocenters. The molecule has 0 bridgehead atoms. The number of benzene rings is 2. The fourth-order valence-corrected chi connectivity index (χ4v) is 1.98. The predicted octanol–water partition coefficient (Wildman–Crippen LogP) is 3.39. The summed E-state index contributed by atoms with van der Waals surface area (Å²) in [6.07, 6.45) is 0. The Kier molecular flexibility index (Phi) is 4.64. The molecule has 20 heavy (non-hydrogen) atoms. The molecule has 0 aliphatic heterocycles. The maximum atomic E-state index is 6.15. The van der Waals surface area contributed by atoms with Crippen LogP contribution in [0.3, 0.4) is 0 Å². The molecule has 0 radical (unpaired) electrons. The summed E-state index contributed by atoms with van der Waals surface area (Å²) in [5, 5.41) is 0. The molecule has 106 valence electrons. The first kappa shape index (κ1) is 14.4. The molecule has 2 rings (SSSR count). The van der Waals surface area contributed by atoms with Gasteiger partial charge >= 0.3 is 0 Å². The van der Waals surface area contributed by atoms with Crippen molar-refractivity contribution < 1.29 is 9.47 Å². The molecule has 2 aromatic rings. The van der Waals surface area contributed by atoms with Gasteiger partial charge in [-0.2, -0.15) is 0 Å². The summed E-state index contributed by atoms with van der Waals surface area (Å²) in [7, 11) is 1.64. The summed E-state index contributed by atoms with van der Waals surface area (Å²) in [5.41, 5.74) is 9.58. The molecular weight excluding hydrogens is 250 g/mol. The number of aryl methyl sites for hydroxylation is 2. The Morgan fingerprint density at radius 3 is 2.25 bits per heavy atom. The van der Waals surface area contributed by atoms with E-state index in [-0.39, 0.29) is 6.04 Å². The van der Waals surface area contributed by atoms with E-state index in [0.717, 1.165) is 22.6 Å². The molecule has 0 saturated heterocycles. The van der Waals surface area contributed by atoms with Gasteiger partial charge < -0.3 is 15.2 Å². The Morgan fingerprint density at radius 1 is 0.950 bits per heavy atom. The lowest BCUT2D eigenvalue weighted by Gasteiger charge is -2.16. The number of ether oxygens (including phenoxy) is 2. The topological polar surface area (TPSA) is 44.5 Å². The van der Waals surface area contributed by atoms with Gasteiger partial charge in [-0.25, -0.2) is 0 Å². The SMILES string of the molecule is COc1cc(C)ccc1OCC(N)c1ccc(C)cc1. The van der Waals surface area contributed by atoms with E-state index >= 15 is 0 Å². The third-order valence-electron chi connectivity index (χ3n) is 3.24. The maximum absolute atomic E-state index is 6.15. The molecule has 2 aromatic carbocycles. The van der Waals surface area contributed by atoms with Gasteiger partial charge in [0.05, 0.1) is 13.2 Å². The monoisotopic (exact) mass is 271 g/mol. The van der Waals surface area contributed by atoms with Crippen LogP contribution in [0.1, 0.15) is 22.7 Å². The molecule has 0 fully saturated rings. The first-order valence-electron chi connectivity index (χ1n) is 6.69. The van der Waals surface area contributed by atoms with Crippen molar-refractivity contribution in [1.82, 2.24) is 0 Å². The van der Waals surface area contributed by atoms with Gasteiger partial charge in [0.1, 0.15) is 6.61 Å². The van der Waals surface area contributed by atoms with Crippen molar-refractivity contribution in [3.05, 3.63) is 59.2 Å². The Bertz CT molecular complexity index is 564. The average molecular weight is 271 g/mol. The lowest BCUT2D eigenvalue weighted by molar-refractivity contribution is 0.273. The number of hydrogen-bond acceptors (Lipinski definition) is 3. The molecule has 0 saturated carbocycles. The minimum atomic E-state index is -0.151. The summed E-state index contributed by atoms with van der Waals surface area (Å²) in [6.45, 7) is 4.50. The second-order valence-electron chi connectivity index (χ2n) is 4.98. The number of rotatable bonds is 5. The third kappa shape index (κ3) is 3.52. The van der Waals surface area contributed by atoms with Crippen LogP contribution >= 0.6 is 0 Å². The first-order valence-corrected chi connectivity index (χ1v) is 6.69. The highest BCUT2D eigenvalue weighted by Crippen LogP contribution is 2.28. The Labute approximate surface area is 120 Å². The van der Waals surface area contributed by atoms with Crippen molar-refractivity contribution in [2.45, 2.75) is 19.9 Å². The minimum absolute atomic E-state index is 0.151. The molecule has 0 aliphatic carbocycles. The Hall–Kier alpha value is -2.00. The molecule has 0 aromatic heterocycles. The van der Waals surface area contributed by atoms with Gasteiger partial charge in [-0.3, -0.25) is 0 Å². The highest BCUT2D eigenvalue weighted by Gasteiger charge is 2.09. The molecule has 0 amide bonds. The second-order valence-corrected chi connectivity index (χ2v) is 4.98. The first-order chi connectivity index (χ1) is 9.60. The van der Waals surface area contributed by atoms with E-state index in [0.29, 0.717) is 6.61 Å². The predicted molar refractivity (Wildman–Crippen MR) is 81.3 cm³/mol. The van der Waals surface area contributed by atoms with E-state index in [1.54, 1.807) is 7.11 Å². The van der Waals surface area contributed by atoms with Crippen molar-refractivity contribution in [3.63, 3.8) is 0 Å². The van der Waals surface area contributed by atoms with Crippen LogP contribution in [0.2, 0.25) is 0 Å². The highest BCUT2D eigenvalue weighted by atomic mass is 16.5.